The van der Waals surface area contributed by atoms with Gasteiger partial charge in [0.2, 0.25) is 0 Å². The molecule has 3 nitrogen and oxygen atoms in total. The Labute approximate surface area is 64.0 Å². The minimum atomic E-state index is -0.693. The Morgan fingerprint density at radius 2 is 2.00 bits per heavy atom. The summed E-state index contributed by atoms with van der Waals surface area (Å²) in [6, 6.07) is 0. The standard InChI is InChI=1S/C8H10O3/c9-7-3-1-2-4(5(2)7)6(3)8(10)11/h2-7,9H,1H2,(H,10,11)/t2-,3-,4+,5-,6-,7-/m1/s1. The highest BCUT2D eigenvalue weighted by molar-refractivity contribution is 5.73. The van der Waals surface area contributed by atoms with Crippen LogP contribution in [0.25, 0.3) is 0 Å². The van der Waals surface area contributed by atoms with Crippen LogP contribution in [0.15, 0.2) is 0 Å². The summed E-state index contributed by atoms with van der Waals surface area (Å²) in [5.74, 6) is 0.457. The van der Waals surface area contributed by atoms with Crippen molar-refractivity contribution in [3.8, 4) is 0 Å². The van der Waals surface area contributed by atoms with E-state index in [0.29, 0.717) is 17.8 Å². The molecule has 60 valence electrons. The highest BCUT2D eigenvalue weighted by Crippen LogP contribution is 2.73. The number of aliphatic hydroxyl groups is 1. The lowest BCUT2D eigenvalue weighted by Crippen LogP contribution is -2.22. The number of carbonyl (C=O) groups is 1. The minimum Gasteiger partial charge on any atom is -0.481 e. The summed E-state index contributed by atoms with van der Waals surface area (Å²) in [5.41, 5.74) is 0. The molecule has 4 fully saturated rings. The molecule has 0 amide bonds. The Bertz CT molecular complexity index is 237. The monoisotopic (exact) mass is 154 g/mol. The second-order valence-corrected chi connectivity index (χ2v) is 4.07. The quantitative estimate of drug-likeness (QED) is 0.556. The van der Waals surface area contributed by atoms with Gasteiger partial charge in [-0.1, -0.05) is 0 Å². The van der Waals surface area contributed by atoms with Gasteiger partial charge in [-0.3, -0.25) is 4.79 Å². The molecule has 4 bridgehead atoms. The van der Waals surface area contributed by atoms with Gasteiger partial charge in [0.25, 0.3) is 0 Å². The van der Waals surface area contributed by atoms with Crippen LogP contribution in [-0.4, -0.2) is 22.3 Å². The largest absolute Gasteiger partial charge is 0.481 e. The van der Waals surface area contributed by atoms with E-state index in [9.17, 15) is 9.90 Å². The molecule has 11 heavy (non-hydrogen) atoms. The van der Waals surface area contributed by atoms with Crippen LogP contribution in [0, 0.1) is 29.6 Å². The van der Waals surface area contributed by atoms with Gasteiger partial charge >= 0.3 is 5.97 Å². The fourth-order valence-electron chi connectivity index (χ4n) is 3.46. The van der Waals surface area contributed by atoms with E-state index >= 15 is 0 Å². The van der Waals surface area contributed by atoms with Crippen molar-refractivity contribution >= 4 is 5.97 Å². The van der Waals surface area contributed by atoms with E-state index in [-0.39, 0.29) is 17.9 Å². The summed E-state index contributed by atoms with van der Waals surface area (Å²) in [5, 5.41) is 18.3. The SMILES string of the molecule is O=C(O)[C@@H]1[C@H]2C[C@H]3[C@@H]([C@@H]2O)[C@H]31. The molecule has 0 saturated heterocycles. The Morgan fingerprint density at radius 3 is 2.18 bits per heavy atom. The number of rotatable bonds is 1. The first-order valence-electron chi connectivity index (χ1n) is 4.12. The number of carboxylic acid groups (broad SMARTS) is 1. The van der Waals surface area contributed by atoms with E-state index in [1.165, 1.54) is 0 Å². The predicted molar refractivity (Wildman–Crippen MR) is 35.7 cm³/mol. The van der Waals surface area contributed by atoms with E-state index in [1.807, 2.05) is 0 Å². The second-order valence-electron chi connectivity index (χ2n) is 4.07. The highest BCUT2D eigenvalue weighted by atomic mass is 16.4. The van der Waals surface area contributed by atoms with Crippen LogP contribution in [-0.2, 0) is 4.79 Å². The topological polar surface area (TPSA) is 57.5 Å². The number of hydrogen-bond donors (Lipinski definition) is 2. The Hall–Kier alpha value is -0.570. The predicted octanol–water partition coefficient (Wildman–Crippen LogP) is -0.0562. The maximum absolute atomic E-state index is 10.7. The highest BCUT2D eigenvalue weighted by Gasteiger charge is 2.75. The number of hydrogen-bond acceptors (Lipinski definition) is 2. The fraction of sp³-hybridized carbons (Fsp3) is 0.875. The smallest absolute Gasteiger partial charge is 0.307 e. The number of aliphatic hydroxyl groups excluding tert-OH is 1. The van der Waals surface area contributed by atoms with Gasteiger partial charge in [0.05, 0.1) is 12.0 Å². The van der Waals surface area contributed by atoms with E-state index in [0.717, 1.165) is 6.42 Å². The Morgan fingerprint density at radius 1 is 1.27 bits per heavy atom. The van der Waals surface area contributed by atoms with E-state index < -0.39 is 5.97 Å². The average Bonchev–Trinajstić information content (AvgIpc) is 2.33. The van der Waals surface area contributed by atoms with Crippen molar-refractivity contribution in [1.29, 1.82) is 0 Å². The second kappa shape index (κ2) is 1.46. The first-order chi connectivity index (χ1) is 5.22. The summed E-state index contributed by atoms with van der Waals surface area (Å²) in [6.45, 7) is 0. The van der Waals surface area contributed by atoms with Crippen LogP contribution in [0.5, 0.6) is 0 Å². The zero-order valence-corrected chi connectivity index (χ0v) is 5.97. The Balaban J connectivity index is 1.97. The van der Waals surface area contributed by atoms with E-state index in [2.05, 4.69) is 0 Å². The van der Waals surface area contributed by atoms with Crippen LogP contribution in [0.1, 0.15) is 6.42 Å². The van der Waals surface area contributed by atoms with E-state index in [4.69, 9.17) is 5.11 Å². The zero-order chi connectivity index (χ0) is 7.75. The third-order valence-corrected chi connectivity index (χ3v) is 3.83. The minimum absolute atomic E-state index is 0.0903. The molecular formula is C8H10O3. The molecule has 0 radical (unpaired) electrons. The third kappa shape index (κ3) is 0.466. The van der Waals surface area contributed by atoms with Crippen molar-refractivity contribution in [2.75, 3.05) is 0 Å². The van der Waals surface area contributed by atoms with Gasteiger partial charge in [-0.2, -0.15) is 0 Å². The summed E-state index contributed by atoms with van der Waals surface area (Å²) in [6.07, 6.45) is 0.680. The molecule has 4 aliphatic rings. The van der Waals surface area contributed by atoms with Crippen LogP contribution >= 0.6 is 0 Å². The van der Waals surface area contributed by atoms with Crippen molar-refractivity contribution < 1.29 is 15.0 Å². The van der Waals surface area contributed by atoms with Gasteiger partial charge in [-0.15, -0.1) is 0 Å². The average molecular weight is 154 g/mol. The first-order valence-corrected chi connectivity index (χ1v) is 4.12. The van der Waals surface area contributed by atoms with Crippen LogP contribution in [0.3, 0.4) is 0 Å². The Kier molecular flexibility index (Phi) is 0.796. The van der Waals surface area contributed by atoms with Gasteiger partial charge in [0.1, 0.15) is 0 Å². The van der Waals surface area contributed by atoms with Gasteiger partial charge < -0.3 is 10.2 Å². The lowest BCUT2D eigenvalue weighted by Gasteiger charge is -2.11. The van der Waals surface area contributed by atoms with Crippen LogP contribution < -0.4 is 0 Å². The molecular weight excluding hydrogens is 144 g/mol. The molecule has 4 aliphatic carbocycles. The molecule has 0 unspecified atom stereocenters. The maximum Gasteiger partial charge on any atom is 0.307 e. The molecule has 6 atom stereocenters. The molecule has 3 heteroatoms. The molecule has 0 aromatic carbocycles. The van der Waals surface area contributed by atoms with Crippen molar-refractivity contribution in [2.45, 2.75) is 12.5 Å². The summed E-state index contributed by atoms with van der Waals surface area (Å²) in [7, 11) is 0. The molecule has 0 aromatic heterocycles. The van der Waals surface area contributed by atoms with Gasteiger partial charge in [0.15, 0.2) is 0 Å². The van der Waals surface area contributed by atoms with Crippen LogP contribution in [0.2, 0.25) is 0 Å². The van der Waals surface area contributed by atoms with Gasteiger partial charge in [-0.25, -0.2) is 0 Å². The van der Waals surface area contributed by atoms with Crippen molar-refractivity contribution in [3.63, 3.8) is 0 Å². The molecule has 4 saturated carbocycles. The summed E-state index contributed by atoms with van der Waals surface area (Å²) >= 11 is 0. The van der Waals surface area contributed by atoms with Gasteiger partial charge in [0, 0.05) is 0 Å². The van der Waals surface area contributed by atoms with E-state index in [1.54, 1.807) is 0 Å². The zero-order valence-electron chi connectivity index (χ0n) is 5.97. The lowest BCUT2D eigenvalue weighted by molar-refractivity contribution is -0.143. The van der Waals surface area contributed by atoms with Crippen molar-refractivity contribution in [3.05, 3.63) is 0 Å². The lowest BCUT2D eigenvalue weighted by atomic mass is 9.97. The molecule has 4 rings (SSSR count). The van der Waals surface area contributed by atoms with Gasteiger partial charge in [-0.05, 0) is 30.1 Å². The molecule has 0 aromatic rings. The maximum atomic E-state index is 10.7. The molecule has 0 heterocycles. The summed E-state index contributed by atoms with van der Waals surface area (Å²) < 4.78 is 0. The normalized spacial score (nSPS) is 63.4. The van der Waals surface area contributed by atoms with Crippen molar-refractivity contribution in [2.24, 2.45) is 29.6 Å². The first kappa shape index (κ1) is 6.00. The third-order valence-electron chi connectivity index (χ3n) is 3.83. The number of aliphatic carboxylic acids is 1. The summed E-state index contributed by atoms with van der Waals surface area (Å²) in [4.78, 5) is 10.7. The number of carboxylic acids is 1. The molecule has 2 N–H and O–H groups in total. The van der Waals surface area contributed by atoms with Crippen LogP contribution in [0.4, 0.5) is 0 Å². The van der Waals surface area contributed by atoms with Crippen molar-refractivity contribution in [1.82, 2.24) is 0 Å². The molecule has 0 aliphatic heterocycles. The molecule has 0 spiro atoms. The fourth-order valence-corrected chi connectivity index (χ4v) is 3.46.